The predicted molar refractivity (Wildman–Crippen MR) is 50.0 cm³/mol. The fourth-order valence-corrected chi connectivity index (χ4v) is 0.747. The Morgan fingerprint density at radius 2 is 2.29 bits per heavy atom. The number of nitrogens with zero attached hydrogens (tertiary/aromatic N) is 1. The van der Waals surface area contributed by atoms with E-state index in [-0.39, 0.29) is 12.0 Å². The highest BCUT2D eigenvalue weighted by molar-refractivity contribution is 5.62. The summed E-state index contributed by atoms with van der Waals surface area (Å²) in [5.41, 5.74) is 0. The number of carbonyl (C=O) groups excluding carboxylic acids is 1. The van der Waals surface area contributed by atoms with Gasteiger partial charge in [0.05, 0.1) is 13.2 Å². The molecule has 1 heterocycles. The van der Waals surface area contributed by atoms with E-state index in [0.29, 0.717) is 13.2 Å². The summed E-state index contributed by atoms with van der Waals surface area (Å²) in [6, 6.07) is 0. The standard InChI is InChI=1S/C9H11NO4/c1-3-4-8(10-2)14-9(11)13-7-5-12-6-7/h3-4,7H,1-2,5-6H2/b8-4+. The average molecular weight is 197 g/mol. The van der Waals surface area contributed by atoms with Gasteiger partial charge in [0, 0.05) is 6.08 Å². The Balaban J connectivity index is 2.33. The maximum Gasteiger partial charge on any atom is 0.515 e. The van der Waals surface area contributed by atoms with Gasteiger partial charge < -0.3 is 14.2 Å². The molecule has 1 fully saturated rings. The Bertz CT molecular complexity index is 268. The van der Waals surface area contributed by atoms with Crippen molar-refractivity contribution in [3.05, 3.63) is 24.6 Å². The molecule has 0 bridgehead atoms. The predicted octanol–water partition coefficient (Wildman–Crippen LogP) is 1.27. The van der Waals surface area contributed by atoms with Crippen molar-refractivity contribution in [2.24, 2.45) is 4.99 Å². The lowest BCUT2D eigenvalue weighted by atomic mass is 10.3. The van der Waals surface area contributed by atoms with Crippen LogP contribution < -0.4 is 0 Å². The van der Waals surface area contributed by atoms with E-state index in [1.165, 1.54) is 12.2 Å². The van der Waals surface area contributed by atoms with Gasteiger partial charge in [-0.3, -0.25) is 0 Å². The summed E-state index contributed by atoms with van der Waals surface area (Å²) >= 11 is 0. The van der Waals surface area contributed by atoms with Crippen LogP contribution in [0.25, 0.3) is 0 Å². The van der Waals surface area contributed by atoms with Gasteiger partial charge in [0.25, 0.3) is 0 Å². The summed E-state index contributed by atoms with van der Waals surface area (Å²) in [5, 5.41) is 0. The molecule has 1 rings (SSSR count). The van der Waals surface area contributed by atoms with E-state index in [9.17, 15) is 4.79 Å². The number of hydrogen-bond donors (Lipinski definition) is 0. The lowest BCUT2D eigenvalue weighted by molar-refractivity contribution is -0.110. The molecule has 0 aromatic rings. The molecule has 0 spiro atoms. The van der Waals surface area contributed by atoms with E-state index >= 15 is 0 Å². The maximum absolute atomic E-state index is 11.0. The molecule has 14 heavy (non-hydrogen) atoms. The van der Waals surface area contributed by atoms with Gasteiger partial charge in [0.2, 0.25) is 5.88 Å². The van der Waals surface area contributed by atoms with Gasteiger partial charge in [-0.05, 0) is 6.72 Å². The number of ether oxygens (including phenoxy) is 3. The zero-order chi connectivity index (χ0) is 10.4. The van der Waals surface area contributed by atoms with E-state index in [1.54, 1.807) is 0 Å². The maximum atomic E-state index is 11.0. The van der Waals surface area contributed by atoms with Gasteiger partial charge in [-0.1, -0.05) is 12.7 Å². The fraction of sp³-hybridized carbons (Fsp3) is 0.333. The van der Waals surface area contributed by atoms with Crippen molar-refractivity contribution in [1.82, 2.24) is 0 Å². The molecule has 76 valence electrons. The molecule has 1 saturated heterocycles. The van der Waals surface area contributed by atoms with Gasteiger partial charge in [-0.15, -0.1) is 0 Å². The summed E-state index contributed by atoms with van der Waals surface area (Å²) < 4.78 is 14.3. The van der Waals surface area contributed by atoms with Crippen LogP contribution in [-0.4, -0.2) is 32.2 Å². The molecule has 0 aromatic carbocycles. The molecular formula is C9H11NO4. The molecule has 0 N–H and O–H groups in total. The Morgan fingerprint density at radius 3 is 2.71 bits per heavy atom. The Hall–Kier alpha value is -1.62. The SMILES string of the molecule is C=C/C=C(\N=C)OC(=O)OC1COC1. The summed E-state index contributed by atoms with van der Waals surface area (Å²) in [5.74, 6) is 0.0604. The van der Waals surface area contributed by atoms with Crippen LogP contribution in [0.1, 0.15) is 0 Å². The lowest BCUT2D eigenvalue weighted by Gasteiger charge is -2.24. The summed E-state index contributed by atoms with van der Waals surface area (Å²) in [6.07, 6.45) is 1.83. The van der Waals surface area contributed by atoms with Crippen molar-refractivity contribution in [3.8, 4) is 0 Å². The van der Waals surface area contributed by atoms with Crippen molar-refractivity contribution >= 4 is 12.9 Å². The second kappa shape index (κ2) is 5.18. The molecule has 0 aromatic heterocycles. The first-order valence-electron chi connectivity index (χ1n) is 4.02. The molecule has 5 nitrogen and oxygen atoms in total. The van der Waals surface area contributed by atoms with Gasteiger partial charge in [0.1, 0.15) is 0 Å². The summed E-state index contributed by atoms with van der Waals surface area (Å²) in [6.45, 7) is 7.48. The third-order valence-corrected chi connectivity index (χ3v) is 1.47. The number of allylic oxidation sites excluding steroid dienone is 2. The number of aliphatic imine (C=N–C) groups is 1. The van der Waals surface area contributed by atoms with Crippen molar-refractivity contribution < 1.29 is 19.0 Å². The number of hydrogen-bond acceptors (Lipinski definition) is 5. The highest BCUT2D eigenvalue weighted by atomic mass is 16.7. The van der Waals surface area contributed by atoms with E-state index in [4.69, 9.17) is 14.2 Å². The first-order valence-corrected chi connectivity index (χ1v) is 4.02. The molecule has 0 saturated carbocycles. The quantitative estimate of drug-likeness (QED) is 0.295. The molecule has 5 heteroatoms. The highest BCUT2D eigenvalue weighted by Gasteiger charge is 2.23. The zero-order valence-electron chi connectivity index (χ0n) is 7.64. The van der Waals surface area contributed by atoms with E-state index in [1.807, 2.05) is 0 Å². The van der Waals surface area contributed by atoms with E-state index < -0.39 is 6.16 Å². The number of rotatable bonds is 4. The minimum absolute atomic E-state index is 0.0604. The van der Waals surface area contributed by atoms with E-state index in [2.05, 4.69) is 18.3 Å². The highest BCUT2D eigenvalue weighted by Crippen LogP contribution is 2.08. The van der Waals surface area contributed by atoms with Crippen LogP contribution in [0.5, 0.6) is 0 Å². The third kappa shape index (κ3) is 3.02. The first-order chi connectivity index (χ1) is 6.76. The summed E-state index contributed by atoms with van der Waals surface area (Å²) in [4.78, 5) is 14.5. The largest absolute Gasteiger partial charge is 0.515 e. The lowest BCUT2D eigenvalue weighted by Crippen LogP contribution is -2.37. The molecule has 0 aliphatic carbocycles. The minimum atomic E-state index is -0.807. The Kier molecular flexibility index (Phi) is 3.87. The van der Waals surface area contributed by atoms with Crippen LogP contribution in [0, 0.1) is 0 Å². The van der Waals surface area contributed by atoms with Gasteiger partial charge in [-0.2, -0.15) is 0 Å². The van der Waals surface area contributed by atoms with Crippen LogP contribution in [-0.2, 0) is 14.2 Å². The molecule has 0 unspecified atom stereocenters. The molecular weight excluding hydrogens is 186 g/mol. The van der Waals surface area contributed by atoms with Crippen molar-refractivity contribution in [2.75, 3.05) is 13.2 Å². The monoisotopic (exact) mass is 197 g/mol. The third-order valence-electron chi connectivity index (χ3n) is 1.47. The smallest absolute Gasteiger partial charge is 0.426 e. The zero-order valence-corrected chi connectivity index (χ0v) is 7.64. The van der Waals surface area contributed by atoms with Crippen LogP contribution in [0.2, 0.25) is 0 Å². The Labute approximate surface area is 81.7 Å². The topological polar surface area (TPSA) is 57.1 Å². The fourth-order valence-electron chi connectivity index (χ4n) is 0.747. The molecule has 1 aliphatic rings. The van der Waals surface area contributed by atoms with Gasteiger partial charge in [-0.25, -0.2) is 9.79 Å². The summed E-state index contributed by atoms with van der Waals surface area (Å²) in [7, 11) is 0. The average Bonchev–Trinajstić information content (AvgIpc) is 2.11. The van der Waals surface area contributed by atoms with Crippen LogP contribution in [0.3, 0.4) is 0 Å². The molecule has 0 atom stereocenters. The minimum Gasteiger partial charge on any atom is -0.426 e. The van der Waals surface area contributed by atoms with Crippen LogP contribution in [0.15, 0.2) is 29.6 Å². The van der Waals surface area contributed by atoms with E-state index in [0.717, 1.165) is 0 Å². The van der Waals surface area contributed by atoms with Gasteiger partial charge >= 0.3 is 6.16 Å². The number of carbonyl (C=O) groups is 1. The second-order valence-corrected chi connectivity index (χ2v) is 2.53. The van der Waals surface area contributed by atoms with Crippen molar-refractivity contribution in [1.29, 1.82) is 0 Å². The molecule has 0 amide bonds. The molecule has 0 radical (unpaired) electrons. The first kappa shape index (κ1) is 10.5. The normalized spacial score (nSPS) is 16.7. The van der Waals surface area contributed by atoms with Crippen molar-refractivity contribution in [3.63, 3.8) is 0 Å². The van der Waals surface area contributed by atoms with Gasteiger partial charge in [0.15, 0.2) is 6.10 Å². The Morgan fingerprint density at radius 1 is 1.57 bits per heavy atom. The van der Waals surface area contributed by atoms with Crippen LogP contribution in [0.4, 0.5) is 4.79 Å². The van der Waals surface area contributed by atoms with Crippen molar-refractivity contribution in [2.45, 2.75) is 6.10 Å². The second-order valence-electron chi connectivity index (χ2n) is 2.53. The van der Waals surface area contributed by atoms with Crippen LogP contribution >= 0.6 is 0 Å². The molecule has 1 aliphatic heterocycles.